The molecule has 1 fully saturated rings. The molecule has 1 saturated heterocycles. The highest BCUT2D eigenvalue weighted by molar-refractivity contribution is 7.14. The number of halogens is 1. The van der Waals surface area contributed by atoms with Gasteiger partial charge in [0.15, 0.2) is 5.13 Å². The van der Waals surface area contributed by atoms with E-state index in [0.717, 1.165) is 30.2 Å². The number of carbonyl (C=O) groups excluding carboxylic acids is 1. The van der Waals surface area contributed by atoms with Gasteiger partial charge >= 0.3 is 0 Å². The first-order chi connectivity index (χ1) is 14.1. The number of hydrogen-bond acceptors (Lipinski definition) is 6. The second-order valence-corrected chi connectivity index (χ2v) is 7.95. The van der Waals surface area contributed by atoms with E-state index in [4.69, 9.17) is 16.3 Å². The number of anilines is 3. The molecule has 0 saturated carbocycles. The zero-order chi connectivity index (χ0) is 20.2. The molecule has 2 heterocycles. The third kappa shape index (κ3) is 4.63. The van der Waals surface area contributed by atoms with Gasteiger partial charge in [0.2, 0.25) is 0 Å². The number of methoxy groups -OCH3 is 1. The van der Waals surface area contributed by atoms with Crippen molar-refractivity contribution in [1.29, 1.82) is 0 Å². The largest absolute Gasteiger partial charge is 0.497 e. The summed E-state index contributed by atoms with van der Waals surface area (Å²) in [5.74, 6) is 0.800. The molecule has 1 aliphatic rings. The molecule has 3 aromatic rings. The van der Waals surface area contributed by atoms with Gasteiger partial charge in [0.25, 0.3) is 5.91 Å². The minimum Gasteiger partial charge on any atom is -0.497 e. The smallest absolute Gasteiger partial charge is 0.273 e. The Morgan fingerprint density at radius 3 is 2.69 bits per heavy atom. The van der Waals surface area contributed by atoms with Crippen LogP contribution in [0.4, 0.5) is 16.5 Å². The molecule has 0 radical (unpaired) electrons. The number of rotatable bonds is 5. The number of carbonyl (C=O) groups is 1. The van der Waals surface area contributed by atoms with E-state index in [1.807, 2.05) is 47.4 Å². The van der Waals surface area contributed by atoms with Crippen LogP contribution in [0.1, 0.15) is 10.5 Å². The summed E-state index contributed by atoms with van der Waals surface area (Å²) in [6, 6.07) is 15.4. The maximum Gasteiger partial charge on any atom is 0.273 e. The third-order valence-electron chi connectivity index (χ3n) is 4.78. The van der Waals surface area contributed by atoms with Crippen LogP contribution in [0.2, 0.25) is 5.02 Å². The second kappa shape index (κ2) is 8.71. The monoisotopic (exact) mass is 428 g/mol. The molecule has 0 bridgehead atoms. The number of nitrogens with zero attached hydrogens (tertiary/aromatic N) is 3. The Bertz CT molecular complexity index is 1000. The van der Waals surface area contributed by atoms with Crippen molar-refractivity contribution in [1.82, 2.24) is 9.88 Å². The SMILES string of the molecule is COc1cccc(N2CCN(C(=O)c3csc(Nc4cccc(Cl)c4)n3)CC2)c1. The van der Waals surface area contributed by atoms with Crippen molar-refractivity contribution in [2.45, 2.75) is 0 Å². The van der Waals surface area contributed by atoms with Crippen molar-refractivity contribution in [3.05, 3.63) is 64.6 Å². The van der Waals surface area contributed by atoms with E-state index in [9.17, 15) is 4.79 Å². The normalized spacial score (nSPS) is 14.0. The Morgan fingerprint density at radius 2 is 1.93 bits per heavy atom. The number of nitrogens with one attached hydrogen (secondary N) is 1. The van der Waals surface area contributed by atoms with E-state index in [1.165, 1.54) is 11.3 Å². The maximum absolute atomic E-state index is 12.8. The van der Waals surface area contributed by atoms with E-state index >= 15 is 0 Å². The Balaban J connectivity index is 1.36. The summed E-state index contributed by atoms with van der Waals surface area (Å²) in [5, 5.41) is 6.31. The molecule has 0 spiro atoms. The number of piperazine rings is 1. The Morgan fingerprint density at radius 1 is 1.14 bits per heavy atom. The van der Waals surface area contributed by atoms with E-state index in [0.29, 0.717) is 28.9 Å². The van der Waals surface area contributed by atoms with Gasteiger partial charge in [0.05, 0.1) is 7.11 Å². The van der Waals surface area contributed by atoms with Crippen molar-refractivity contribution >= 4 is 45.4 Å². The van der Waals surface area contributed by atoms with Crippen LogP contribution in [-0.4, -0.2) is 49.1 Å². The molecule has 4 rings (SSSR count). The number of thiazole rings is 1. The Kier molecular flexibility index (Phi) is 5.87. The summed E-state index contributed by atoms with van der Waals surface area (Å²) in [4.78, 5) is 21.4. The van der Waals surface area contributed by atoms with Crippen LogP contribution in [0.3, 0.4) is 0 Å². The highest BCUT2D eigenvalue weighted by atomic mass is 35.5. The Labute approximate surface area is 178 Å². The molecule has 0 atom stereocenters. The average Bonchev–Trinajstić information content (AvgIpc) is 3.22. The van der Waals surface area contributed by atoms with Gasteiger partial charge in [0.1, 0.15) is 11.4 Å². The number of hydrogen-bond donors (Lipinski definition) is 1. The first kappa shape index (κ1) is 19.5. The lowest BCUT2D eigenvalue weighted by molar-refractivity contribution is 0.0742. The fourth-order valence-corrected chi connectivity index (χ4v) is 4.15. The fourth-order valence-electron chi connectivity index (χ4n) is 3.26. The quantitative estimate of drug-likeness (QED) is 0.647. The molecule has 8 heteroatoms. The van der Waals surface area contributed by atoms with E-state index in [-0.39, 0.29) is 5.91 Å². The average molecular weight is 429 g/mol. The number of benzene rings is 2. The van der Waals surface area contributed by atoms with E-state index < -0.39 is 0 Å². The summed E-state index contributed by atoms with van der Waals surface area (Å²) in [6.45, 7) is 2.86. The summed E-state index contributed by atoms with van der Waals surface area (Å²) in [6.07, 6.45) is 0. The van der Waals surface area contributed by atoms with Crippen molar-refractivity contribution in [3.63, 3.8) is 0 Å². The summed E-state index contributed by atoms with van der Waals surface area (Å²) in [7, 11) is 1.67. The van der Waals surface area contributed by atoms with E-state index in [2.05, 4.69) is 21.3 Å². The van der Waals surface area contributed by atoms with Gasteiger partial charge in [-0.05, 0) is 30.3 Å². The first-order valence-corrected chi connectivity index (χ1v) is 10.5. The van der Waals surface area contributed by atoms with Gasteiger partial charge in [-0.1, -0.05) is 23.7 Å². The molecule has 0 aliphatic carbocycles. The number of aromatic nitrogens is 1. The van der Waals surface area contributed by atoms with Crippen LogP contribution < -0.4 is 15.0 Å². The highest BCUT2D eigenvalue weighted by Gasteiger charge is 2.24. The van der Waals surface area contributed by atoms with Crippen LogP contribution in [0.5, 0.6) is 5.75 Å². The molecule has 1 aliphatic heterocycles. The first-order valence-electron chi connectivity index (χ1n) is 9.29. The molecule has 1 aromatic heterocycles. The molecule has 0 unspecified atom stereocenters. The summed E-state index contributed by atoms with van der Waals surface area (Å²) >= 11 is 7.42. The van der Waals surface area contributed by atoms with Gasteiger partial charge in [0, 0.05) is 54.0 Å². The molecule has 2 aromatic carbocycles. The predicted octanol–water partition coefficient (Wildman–Crippen LogP) is 4.51. The number of ether oxygens (including phenoxy) is 1. The van der Waals surface area contributed by atoms with Crippen molar-refractivity contribution in [2.24, 2.45) is 0 Å². The Hall–Kier alpha value is -2.77. The summed E-state index contributed by atoms with van der Waals surface area (Å²) < 4.78 is 5.30. The van der Waals surface area contributed by atoms with Gasteiger partial charge in [-0.25, -0.2) is 4.98 Å². The standard InChI is InChI=1S/C21H21ClN4O2S/c1-28-18-7-3-6-17(13-18)25-8-10-26(11-9-25)20(27)19-14-29-21(24-19)23-16-5-2-4-15(22)12-16/h2-7,12-14H,8-11H2,1H3,(H,23,24). The van der Waals surface area contributed by atoms with Crippen molar-refractivity contribution in [2.75, 3.05) is 43.5 Å². The lowest BCUT2D eigenvalue weighted by Gasteiger charge is -2.35. The topological polar surface area (TPSA) is 57.7 Å². The van der Waals surface area contributed by atoms with E-state index in [1.54, 1.807) is 12.5 Å². The van der Waals surface area contributed by atoms with Crippen molar-refractivity contribution < 1.29 is 9.53 Å². The lowest BCUT2D eigenvalue weighted by atomic mass is 10.2. The van der Waals surface area contributed by atoms with Gasteiger partial charge in [-0.2, -0.15) is 0 Å². The van der Waals surface area contributed by atoms with Gasteiger partial charge in [-0.15, -0.1) is 11.3 Å². The molecular formula is C21H21ClN4O2S. The molecule has 1 amide bonds. The number of amides is 1. The zero-order valence-electron chi connectivity index (χ0n) is 16.0. The minimum atomic E-state index is -0.0364. The minimum absolute atomic E-state index is 0.0364. The van der Waals surface area contributed by atoms with Crippen molar-refractivity contribution in [3.8, 4) is 5.75 Å². The van der Waals surface area contributed by atoms with Crippen LogP contribution >= 0.6 is 22.9 Å². The highest BCUT2D eigenvalue weighted by Crippen LogP contribution is 2.25. The molecule has 6 nitrogen and oxygen atoms in total. The second-order valence-electron chi connectivity index (χ2n) is 6.65. The zero-order valence-corrected chi connectivity index (χ0v) is 17.5. The van der Waals surface area contributed by atoms with Gasteiger partial charge < -0.3 is 19.9 Å². The molecular weight excluding hydrogens is 408 g/mol. The lowest BCUT2D eigenvalue weighted by Crippen LogP contribution is -2.48. The maximum atomic E-state index is 12.8. The van der Waals surface area contributed by atoms with Crippen LogP contribution in [-0.2, 0) is 0 Å². The van der Waals surface area contributed by atoms with Crippen LogP contribution in [0.15, 0.2) is 53.9 Å². The fraction of sp³-hybridized carbons (Fsp3) is 0.238. The summed E-state index contributed by atoms with van der Waals surface area (Å²) in [5.41, 5.74) is 2.42. The molecule has 1 N–H and O–H groups in total. The molecule has 150 valence electrons. The van der Waals surface area contributed by atoms with Crippen LogP contribution in [0.25, 0.3) is 0 Å². The molecule has 29 heavy (non-hydrogen) atoms. The van der Waals surface area contributed by atoms with Crippen LogP contribution in [0, 0.1) is 0 Å². The third-order valence-corrected chi connectivity index (χ3v) is 5.78. The predicted molar refractivity (Wildman–Crippen MR) is 118 cm³/mol. The van der Waals surface area contributed by atoms with Gasteiger partial charge in [-0.3, -0.25) is 4.79 Å².